The lowest BCUT2D eigenvalue weighted by Crippen LogP contribution is -2.45. The molecular weight excluding hydrogens is 314 g/mol. The van der Waals surface area contributed by atoms with Crippen molar-refractivity contribution in [3.05, 3.63) is 35.1 Å². The van der Waals surface area contributed by atoms with Gasteiger partial charge in [-0.05, 0) is 43.4 Å². The number of benzene rings is 1. The maximum Gasteiger partial charge on any atom is 0.317 e. The van der Waals surface area contributed by atoms with Crippen molar-refractivity contribution in [2.75, 3.05) is 13.1 Å². The van der Waals surface area contributed by atoms with Gasteiger partial charge in [0.1, 0.15) is 10.7 Å². The number of piperidine rings is 1. The number of aryl methyl sites for hydroxylation is 1. The van der Waals surface area contributed by atoms with E-state index in [4.69, 9.17) is 23.2 Å². The third kappa shape index (κ3) is 4.24. The Bertz CT molecular complexity index is 504. The van der Waals surface area contributed by atoms with Gasteiger partial charge >= 0.3 is 6.03 Å². The Morgan fingerprint density at radius 2 is 1.95 bits per heavy atom. The highest BCUT2D eigenvalue weighted by atomic mass is 35.5. The molecule has 2 amide bonds. The van der Waals surface area contributed by atoms with Crippen molar-refractivity contribution in [3.63, 3.8) is 0 Å². The first-order valence-corrected chi connectivity index (χ1v) is 7.96. The Hall–Kier alpha value is -1.00. The van der Waals surface area contributed by atoms with E-state index >= 15 is 0 Å². The maximum absolute atomic E-state index is 13.7. The first kappa shape index (κ1) is 16.4. The number of carbonyl (C=O) groups is 1. The quantitative estimate of drug-likeness (QED) is 0.827. The number of nitrogens with one attached hydrogen (secondary N) is 1. The fourth-order valence-electron chi connectivity index (χ4n) is 2.42. The summed E-state index contributed by atoms with van der Waals surface area (Å²) in [6.45, 7) is 3.14. The Morgan fingerprint density at radius 1 is 1.29 bits per heavy atom. The molecule has 1 N–H and O–H groups in total. The van der Waals surface area contributed by atoms with Gasteiger partial charge in [-0.3, -0.25) is 0 Å². The van der Waals surface area contributed by atoms with Crippen LogP contribution in [0.4, 0.5) is 9.18 Å². The number of nitrogens with zero attached hydrogens (tertiary/aromatic N) is 1. The Balaban J connectivity index is 2.11. The molecule has 0 saturated carbocycles. The monoisotopic (exact) mass is 332 g/mol. The summed E-state index contributed by atoms with van der Waals surface area (Å²) in [4.78, 5) is 13.1. The van der Waals surface area contributed by atoms with Gasteiger partial charge in [-0.1, -0.05) is 12.1 Å². The van der Waals surface area contributed by atoms with E-state index in [1.54, 1.807) is 24.0 Å². The van der Waals surface area contributed by atoms with Crippen molar-refractivity contribution in [2.45, 2.75) is 37.1 Å². The molecule has 1 aromatic carbocycles. The molecule has 0 radical (unpaired) electrons. The van der Waals surface area contributed by atoms with E-state index < -0.39 is 10.9 Å². The van der Waals surface area contributed by atoms with Crippen molar-refractivity contribution < 1.29 is 9.18 Å². The second kappa shape index (κ2) is 7.32. The minimum atomic E-state index is -0.846. The summed E-state index contributed by atoms with van der Waals surface area (Å²) in [5.41, 5.74) is 1.11. The SMILES string of the molecule is Cc1ccc([C@@H](NC(=O)N2CCCCC2)C(Cl)Cl)cc1F. The van der Waals surface area contributed by atoms with E-state index in [9.17, 15) is 9.18 Å². The summed E-state index contributed by atoms with van der Waals surface area (Å²) in [7, 11) is 0. The predicted molar refractivity (Wildman–Crippen MR) is 83.3 cm³/mol. The van der Waals surface area contributed by atoms with Crippen LogP contribution in [0.25, 0.3) is 0 Å². The van der Waals surface area contributed by atoms with Crippen LogP contribution < -0.4 is 5.32 Å². The molecule has 0 unspecified atom stereocenters. The molecule has 0 aromatic heterocycles. The largest absolute Gasteiger partial charge is 0.328 e. The number of alkyl halides is 2. The molecule has 0 aliphatic carbocycles. The molecule has 116 valence electrons. The van der Waals surface area contributed by atoms with E-state index in [0.717, 1.165) is 32.4 Å². The molecule has 1 saturated heterocycles. The summed E-state index contributed by atoms with van der Waals surface area (Å²) >= 11 is 11.9. The van der Waals surface area contributed by atoms with E-state index in [-0.39, 0.29) is 11.8 Å². The van der Waals surface area contributed by atoms with Crippen LogP contribution in [-0.2, 0) is 0 Å². The minimum Gasteiger partial charge on any atom is -0.328 e. The van der Waals surface area contributed by atoms with Crippen LogP contribution >= 0.6 is 23.2 Å². The number of amides is 2. The lowest BCUT2D eigenvalue weighted by molar-refractivity contribution is 0.183. The standard InChI is InChI=1S/C15H19Cl2FN2O/c1-10-5-6-11(9-12(10)18)13(14(16)17)19-15(21)20-7-3-2-4-8-20/h5-6,9,13-14H,2-4,7-8H2,1H3,(H,19,21)/t13-/m1/s1. The first-order chi connectivity index (χ1) is 9.99. The maximum atomic E-state index is 13.7. The van der Waals surface area contributed by atoms with Gasteiger partial charge < -0.3 is 10.2 Å². The molecule has 0 spiro atoms. The van der Waals surface area contributed by atoms with Gasteiger partial charge in [0.2, 0.25) is 0 Å². The number of halogens is 3. The number of urea groups is 1. The van der Waals surface area contributed by atoms with Crippen LogP contribution in [-0.4, -0.2) is 28.9 Å². The zero-order valence-corrected chi connectivity index (χ0v) is 13.4. The van der Waals surface area contributed by atoms with E-state index in [2.05, 4.69) is 5.32 Å². The van der Waals surface area contributed by atoms with Crippen molar-refractivity contribution in [1.82, 2.24) is 10.2 Å². The molecule has 1 heterocycles. The molecule has 6 heteroatoms. The molecular formula is C15H19Cl2FN2O. The molecule has 1 fully saturated rings. The fourth-order valence-corrected chi connectivity index (χ4v) is 2.83. The van der Waals surface area contributed by atoms with Crippen molar-refractivity contribution in [3.8, 4) is 0 Å². The summed E-state index contributed by atoms with van der Waals surface area (Å²) < 4.78 is 13.7. The summed E-state index contributed by atoms with van der Waals surface area (Å²) in [5.74, 6) is -0.335. The number of hydrogen-bond donors (Lipinski definition) is 1. The summed E-state index contributed by atoms with van der Waals surface area (Å²) in [6, 6.07) is 3.93. The Kier molecular flexibility index (Phi) is 5.71. The van der Waals surface area contributed by atoms with Crippen LogP contribution in [0.1, 0.15) is 36.4 Å². The predicted octanol–water partition coefficient (Wildman–Crippen LogP) is 4.17. The van der Waals surface area contributed by atoms with Gasteiger partial charge in [0.15, 0.2) is 0 Å². The Labute approximate surface area is 134 Å². The average Bonchev–Trinajstić information content (AvgIpc) is 2.48. The third-order valence-electron chi connectivity index (χ3n) is 3.73. The van der Waals surface area contributed by atoms with Crippen LogP contribution in [0.2, 0.25) is 0 Å². The second-order valence-electron chi connectivity index (χ2n) is 5.32. The van der Waals surface area contributed by atoms with Crippen LogP contribution in [0.15, 0.2) is 18.2 Å². The summed E-state index contributed by atoms with van der Waals surface area (Å²) in [6.07, 6.45) is 3.15. The molecule has 2 rings (SSSR count). The minimum absolute atomic E-state index is 0.202. The normalized spacial score (nSPS) is 16.9. The van der Waals surface area contributed by atoms with E-state index in [1.165, 1.54) is 6.07 Å². The lowest BCUT2D eigenvalue weighted by Gasteiger charge is -2.30. The second-order valence-corrected chi connectivity index (χ2v) is 6.48. The van der Waals surface area contributed by atoms with Gasteiger partial charge in [0.05, 0.1) is 6.04 Å². The highest BCUT2D eigenvalue weighted by Gasteiger charge is 2.25. The third-order valence-corrected chi connectivity index (χ3v) is 4.23. The number of rotatable bonds is 3. The zero-order chi connectivity index (χ0) is 15.4. The highest BCUT2D eigenvalue weighted by molar-refractivity contribution is 6.44. The number of carbonyl (C=O) groups excluding carboxylic acids is 1. The van der Waals surface area contributed by atoms with E-state index in [0.29, 0.717) is 11.1 Å². The van der Waals surface area contributed by atoms with Crippen LogP contribution in [0.3, 0.4) is 0 Å². The first-order valence-electron chi connectivity index (χ1n) is 7.08. The van der Waals surface area contributed by atoms with Gasteiger partial charge in [-0.25, -0.2) is 9.18 Å². The van der Waals surface area contributed by atoms with Gasteiger partial charge in [-0.15, -0.1) is 23.2 Å². The van der Waals surface area contributed by atoms with Gasteiger partial charge in [0, 0.05) is 13.1 Å². The van der Waals surface area contributed by atoms with Crippen molar-refractivity contribution in [1.29, 1.82) is 0 Å². The molecule has 1 aliphatic heterocycles. The van der Waals surface area contributed by atoms with Crippen LogP contribution in [0, 0.1) is 12.7 Å². The Morgan fingerprint density at radius 3 is 2.52 bits per heavy atom. The van der Waals surface area contributed by atoms with Gasteiger partial charge in [-0.2, -0.15) is 0 Å². The topological polar surface area (TPSA) is 32.3 Å². The van der Waals surface area contributed by atoms with Crippen molar-refractivity contribution in [2.24, 2.45) is 0 Å². The average molecular weight is 333 g/mol. The van der Waals surface area contributed by atoms with Crippen molar-refractivity contribution >= 4 is 29.2 Å². The van der Waals surface area contributed by atoms with E-state index in [1.807, 2.05) is 0 Å². The highest BCUT2D eigenvalue weighted by Crippen LogP contribution is 2.26. The molecule has 21 heavy (non-hydrogen) atoms. The smallest absolute Gasteiger partial charge is 0.317 e. The number of hydrogen-bond acceptors (Lipinski definition) is 1. The zero-order valence-electron chi connectivity index (χ0n) is 11.9. The number of likely N-dealkylation sites (tertiary alicyclic amines) is 1. The van der Waals surface area contributed by atoms with Crippen LogP contribution in [0.5, 0.6) is 0 Å². The molecule has 0 bridgehead atoms. The molecule has 1 aliphatic rings. The fraction of sp³-hybridized carbons (Fsp3) is 0.533. The summed E-state index contributed by atoms with van der Waals surface area (Å²) in [5, 5.41) is 2.81. The molecule has 1 atom stereocenters. The molecule has 3 nitrogen and oxygen atoms in total. The molecule has 1 aromatic rings. The lowest BCUT2D eigenvalue weighted by atomic mass is 10.1. The van der Waals surface area contributed by atoms with Gasteiger partial charge in [0.25, 0.3) is 0 Å².